The molecule has 0 spiro atoms. The summed E-state index contributed by atoms with van der Waals surface area (Å²) in [4.78, 5) is 0. The summed E-state index contributed by atoms with van der Waals surface area (Å²) in [7, 11) is 0. The molecule has 0 rings (SSSR count). The van der Waals surface area contributed by atoms with Gasteiger partial charge in [0.15, 0.2) is 0 Å². The van der Waals surface area contributed by atoms with Crippen molar-refractivity contribution in [3.05, 3.63) is 36.5 Å². The minimum Gasteiger partial charge on any atom is -0.103 e. The van der Waals surface area contributed by atoms with Crippen LogP contribution in [0.4, 0.5) is 0 Å². The Morgan fingerprint density at radius 2 is 2.08 bits per heavy atom. The van der Waals surface area contributed by atoms with E-state index in [2.05, 4.69) is 45.6 Å². The highest BCUT2D eigenvalue weighted by molar-refractivity contribution is 5.18. The zero-order chi connectivity index (χ0) is 9.40. The SMILES string of the molecule is C=CC/C=C\C(=C\C)CC(C)C. The fraction of sp³-hybridized carbons (Fsp3) is 0.500. The highest BCUT2D eigenvalue weighted by Crippen LogP contribution is 2.11. The van der Waals surface area contributed by atoms with E-state index in [4.69, 9.17) is 0 Å². The Hall–Kier alpha value is -0.780. The normalized spacial score (nSPS) is 12.8. The van der Waals surface area contributed by atoms with Gasteiger partial charge in [-0.2, -0.15) is 0 Å². The second-order valence-electron chi connectivity index (χ2n) is 3.39. The molecule has 0 bridgehead atoms. The maximum atomic E-state index is 3.67. The van der Waals surface area contributed by atoms with Crippen molar-refractivity contribution in [3.8, 4) is 0 Å². The summed E-state index contributed by atoms with van der Waals surface area (Å²) in [5.41, 5.74) is 1.42. The third-order valence-corrected chi connectivity index (χ3v) is 1.65. The van der Waals surface area contributed by atoms with Gasteiger partial charge in [0.25, 0.3) is 0 Å². The van der Waals surface area contributed by atoms with Crippen LogP contribution >= 0.6 is 0 Å². The first-order valence-corrected chi connectivity index (χ1v) is 4.63. The van der Waals surface area contributed by atoms with Crippen LogP contribution in [0.3, 0.4) is 0 Å². The molecule has 0 aliphatic heterocycles. The summed E-state index contributed by atoms with van der Waals surface area (Å²) >= 11 is 0. The van der Waals surface area contributed by atoms with Gasteiger partial charge < -0.3 is 0 Å². The number of allylic oxidation sites excluding steroid dienone is 5. The molecule has 12 heavy (non-hydrogen) atoms. The van der Waals surface area contributed by atoms with Crippen molar-refractivity contribution in [1.82, 2.24) is 0 Å². The molecule has 0 nitrogen and oxygen atoms in total. The summed E-state index contributed by atoms with van der Waals surface area (Å²) < 4.78 is 0. The lowest BCUT2D eigenvalue weighted by atomic mass is 10.0. The zero-order valence-electron chi connectivity index (χ0n) is 8.51. The van der Waals surface area contributed by atoms with Crippen molar-refractivity contribution >= 4 is 0 Å². The standard InChI is InChI=1S/C12H20/c1-5-7-8-9-12(6-2)10-11(3)4/h5-6,8-9,11H,1,7,10H2,2-4H3/b9-8-,12-6-. The molecule has 0 saturated heterocycles. The highest BCUT2D eigenvalue weighted by atomic mass is 14.0. The molecule has 0 aromatic heterocycles. The summed E-state index contributed by atoms with van der Waals surface area (Å²) in [6.07, 6.45) is 10.6. The Morgan fingerprint density at radius 3 is 2.50 bits per heavy atom. The van der Waals surface area contributed by atoms with Gasteiger partial charge in [-0.05, 0) is 25.7 Å². The van der Waals surface area contributed by atoms with Crippen molar-refractivity contribution in [2.24, 2.45) is 5.92 Å². The van der Waals surface area contributed by atoms with E-state index in [1.54, 1.807) is 0 Å². The molecular weight excluding hydrogens is 144 g/mol. The van der Waals surface area contributed by atoms with Gasteiger partial charge in [0, 0.05) is 0 Å². The molecule has 0 heterocycles. The molecule has 0 atom stereocenters. The van der Waals surface area contributed by atoms with Crippen LogP contribution in [0.1, 0.15) is 33.6 Å². The van der Waals surface area contributed by atoms with Crippen LogP contribution in [0.25, 0.3) is 0 Å². The van der Waals surface area contributed by atoms with E-state index < -0.39 is 0 Å². The first-order chi connectivity index (χ1) is 5.70. The molecule has 0 aliphatic carbocycles. The van der Waals surface area contributed by atoms with Gasteiger partial charge >= 0.3 is 0 Å². The van der Waals surface area contributed by atoms with E-state index in [9.17, 15) is 0 Å². The maximum absolute atomic E-state index is 3.67. The lowest BCUT2D eigenvalue weighted by molar-refractivity contribution is 0.649. The molecule has 0 aliphatic rings. The lowest BCUT2D eigenvalue weighted by Crippen LogP contribution is -1.88. The Balaban J connectivity index is 3.92. The Kier molecular flexibility index (Phi) is 6.45. The third kappa shape index (κ3) is 5.96. The first-order valence-electron chi connectivity index (χ1n) is 4.63. The van der Waals surface area contributed by atoms with Crippen LogP contribution < -0.4 is 0 Å². The van der Waals surface area contributed by atoms with Gasteiger partial charge in [-0.1, -0.05) is 43.7 Å². The van der Waals surface area contributed by atoms with Crippen molar-refractivity contribution in [2.45, 2.75) is 33.6 Å². The highest BCUT2D eigenvalue weighted by Gasteiger charge is 1.95. The van der Waals surface area contributed by atoms with Crippen LogP contribution in [0, 0.1) is 5.92 Å². The predicted molar refractivity (Wildman–Crippen MR) is 57.2 cm³/mol. The molecule has 0 saturated carbocycles. The first kappa shape index (κ1) is 11.2. The Morgan fingerprint density at radius 1 is 1.42 bits per heavy atom. The monoisotopic (exact) mass is 164 g/mol. The fourth-order valence-electron chi connectivity index (χ4n) is 1.07. The van der Waals surface area contributed by atoms with Gasteiger partial charge in [-0.3, -0.25) is 0 Å². The van der Waals surface area contributed by atoms with Gasteiger partial charge in [-0.25, -0.2) is 0 Å². The minimum absolute atomic E-state index is 0.740. The summed E-state index contributed by atoms with van der Waals surface area (Å²) in [5, 5.41) is 0. The summed E-state index contributed by atoms with van der Waals surface area (Å²) in [6.45, 7) is 10.2. The molecule has 0 aromatic rings. The predicted octanol–water partition coefficient (Wildman–Crippen LogP) is 4.11. The smallest absolute Gasteiger partial charge is 0.0169 e. The molecule has 0 fully saturated rings. The fourth-order valence-corrected chi connectivity index (χ4v) is 1.07. The van der Waals surface area contributed by atoms with Gasteiger partial charge in [0.1, 0.15) is 0 Å². The lowest BCUT2D eigenvalue weighted by Gasteiger charge is -2.04. The quantitative estimate of drug-likeness (QED) is 0.423. The molecule has 0 radical (unpaired) electrons. The summed E-state index contributed by atoms with van der Waals surface area (Å²) in [5.74, 6) is 0.740. The van der Waals surface area contributed by atoms with Crippen LogP contribution in [0.2, 0.25) is 0 Å². The average molecular weight is 164 g/mol. The number of rotatable bonds is 5. The zero-order valence-corrected chi connectivity index (χ0v) is 8.51. The molecule has 0 N–H and O–H groups in total. The molecule has 0 unspecified atom stereocenters. The van der Waals surface area contributed by atoms with Crippen molar-refractivity contribution in [1.29, 1.82) is 0 Å². The van der Waals surface area contributed by atoms with Crippen molar-refractivity contribution < 1.29 is 0 Å². The van der Waals surface area contributed by atoms with Crippen LogP contribution in [0.5, 0.6) is 0 Å². The van der Waals surface area contributed by atoms with E-state index in [0.29, 0.717) is 0 Å². The van der Waals surface area contributed by atoms with Gasteiger partial charge in [0.2, 0.25) is 0 Å². The van der Waals surface area contributed by atoms with Crippen molar-refractivity contribution in [2.75, 3.05) is 0 Å². The van der Waals surface area contributed by atoms with E-state index in [1.807, 2.05) is 6.08 Å². The Labute approximate surface area is 76.7 Å². The van der Waals surface area contributed by atoms with Gasteiger partial charge in [0.05, 0.1) is 0 Å². The summed E-state index contributed by atoms with van der Waals surface area (Å²) in [6, 6.07) is 0. The van der Waals surface area contributed by atoms with E-state index >= 15 is 0 Å². The van der Waals surface area contributed by atoms with Crippen LogP contribution in [-0.2, 0) is 0 Å². The second-order valence-corrected chi connectivity index (χ2v) is 3.39. The molecule has 0 aromatic carbocycles. The molecular formula is C12H20. The third-order valence-electron chi connectivity index (χ3n) is 1.65. The molecule has 0 amide bonds. The largest absolute Gasteiger partial charge is 0.103 e. The number of hydrogen-bond acceptors (Lipinski definition) is 0. The minimum atomic E-state index is 0.740. The average Bonchev–Trinajstić information content (AvgIpc) is 2.02. The van der Waals surface area contributed by atoms with E-state index in [1.165, 1.54) is 12.0 Å². The van der Waals surface area contributed by atoms with Crippen LogP contribution in [-0.4, -0.2) is 0 Å². The maximum Gasteiger partial charge on any atom is -0.0169 e. The van der Waals surface area contributed by atoms with Crippen molar-refractivity contribution in [3.63, 3.8) is 0 Å². The van der Waals surface area contributed by atoms with E-state index in [-0.39, 0.29) is 0 Å². The molecule has 0 heteroatoms. The van der Waals surface area contributed by atoms with Crippen LogP contribution in [0.15, 0.2) is 36.5 Å². The Bertz CT molecular complexity index is 170. The number of hydrogen-bond donors (Lipinski definition) is 0. The topological polar surface area (TPSA) is 0 Å². The molecule has 68 valence electrons. The van der Waals surface area contributed by atoms with Gasteiger partial charge in [-0.15, -0.1) is 6.58 Å². The van der Waals surface area contributed by atoms with E-state index in [0.717, 1.165) is 12.3 Å². The second kappa shape index (κ2) is 6.90.